The first-order chi connectivity index (χ1) is 15.4. The van der Waals surface area contributed by atoms with E-state index in [1.165, 1.54) is 0 Å². The van der Waals surface area contributed by atoms with Gasteiger partial charge in [0, 0.05) is 29.7 Å². The van der Waals surface area contributed by atoms with Crippen LogP contribution in [0.25, 0.3) is 0 Å². The molecule has 3 rings (SSSR count). The van der Waals surface area contributed by atoms with Crippen molar-refractivity contribution in [1.29, 1.82) is 5.41 Å². The summed E-state index contributed by atoms with van der Waals surface area (Å²) >= 11 is 0. The Kier molecular flexibility index (Phi) is 8.11. The van der Waals surface area contributed by atoms with Gasteiger partial charge in [0.15, 0.2) is 6.04 Å². The molecule has 1 aliphatic rings. The van der Waals surface area contributed by atoms with E-state index in [0.29, 0.717) is 35.8 Å². The highest BCUT2D eigenvalue weighted by Gasteiger charge is 2.28. The van der Waals surface area contributed by atoms with Gasteiger partial charge >= 0.3 is 5.97 Å². The van der Waals surface area contributed by atoms with Crippen LogP contribution in [0, 0.1) is 5.41 Å². The van der Waals surface area contributed by atoms with Crippen molar-refractivity contribution >= 4 is 17.5 Å². The molecule has 0 radical (unpaired) electrons. The predicted octanol–water partition coefficient (Wildman–Crippen LogP) is 4.28. The lowest BCUT2D eigenvalue weighted by molar-refractivity contribution is -0.138. The smallest absolute Gasteiger partial charge is 0.330 e. The molecule has 172 valence electrons. The third-order valence-corrected chi connectivity index (χ3v) is 5.70. The number of aliphatic carboxylic acids is 1. The number of amidine groups is 1. The van der Waals surface area contributed by atoms with E-state index >= 15 is 0 Å². The highest BCUT2D eigenvalue weighted by atomic mass is 16.5. The minimum Gasteiger partial charge on any atom is -0.490 e. The highest BCUT2D eigenvalue weighted by Crippen LogP contribution is 2.36. The summed E-state index contributed by atoms with van der Waals surface area (Å²) in [6, 6.07) is 9.99. The third kappa shape index (κ3) is 5.79. The van der Waals surface area contributed by atoms with Crippen molar-refractivity contribution in [2.75, 3.05) is 18.5 Å². The fourth-order valence-corrected chi connectivity index (χ4v) is 3.94. The average molecular weight is 440 g/mol. The molecule has 7 nitrogen and oxygen atoms in total. The fourth-order valence-electron chi connectivity index (χ4n) is 3.94. The van der Waals surface area contributed by atoms with Gasteiger partial charge in [-0.2, -0.15) is 0 Å². The quantitative estimate of drug-likeness (QED) is 0.324. The number of carbonyl (C=O) groups is 1. The zero-order valence-electron chi connectivity index (χ0n) is 18.8. The zero-order chi connectivity index (χ0) is 23.1. The first kappa shape index (κ1) is 23.6. The van der Waals surface area contributed by atoms with Gasteiger partial charge in [-0.3, -0.25) is 5.41 Å². The molecule has 0 unspecified atom stereocenters. The number of ether oxygens (including phenoxy) is 2. The van der Waals surface area contributed by atoms with Gasteiger partial charge < -0.3 is 25.6 Å². The Morgan fingerprint density at radius 2 is 1.94 bits per heavy atom. The Balaban J connectivity index is 2.02. The molecule has 1 aliphatic heterocycles. The van der Waals surface area contributed by atoms with Gasteiger partial charge in [0.05, 0.1) is 13.2 Å². The first-order valence-electron chi connectivity index (χ1n) is 11.3. The SMILES string of the molecule is CCCc1cc(CC)cc([C@@H](Nc2ccc(C(=N)N)cc2)C(=O)O)c1OC1CCOCC1. The molecule has 5 N–H and O–H groups in total. The monoisotopic (exact) mass is 439 g/mol. The van der Waals surface area contributed by atoms with Gasteiger partial charge in [0.2, 0.25) is 0 Å². The van der Waals surface area contributed by atoms with E-state index in [9.17, 15) is 9.90 Å². The third-order valence-electron chi connectivity index (χ3n) is 5.70. The lowest BCUT2D eigenvalue weighted by Crippen LogP contribution is -2.28. The number of hydrogen-bond donors (Lipinski definition) is 4. The van der Waals surface area contributed by atoms with E-state index in [-0.39, 0.29) is 11.9 Å². The summed E-state index contributed by atoms with van der Waals surface area (Å²) in [5, 5.41) is 20.8. The Morgan fingerprint density at radius 1 is 1.25 bits per heavy atom. The molecule has 2 aromatic rings. The molecule has 32 heavy (non-hydrogen) atoms. The summed E-state index contributed by atoms with van der Waals surface area (Å²) < 4.78 is 11.9. The normalized spacial score (nSPS) is 15.2. The van der Waals surface area contributed by atoms with Gasteiger partial charge in [0.25, 0.3) is 0 Å². The lowest BCUT2D eigenvalue weighted by atomic mass is 9.94. The van der Waals surface area contributed by atoms with E-state index in [0.717, 1.165) is 43.2 Å². The number of nitrogens with one attached hydrogen (secondary N) is 2. The Labute approximate surface area is 189 Å². The number of anilines is 1. The van der Waals surface area contributed by atoms with Crippen LogP contribution in [-0.2, 0) is 22.4 Å². The van der Waals surface area contributed by atoms with Crippen molar-refractivity contribution in [1.82, 2.24) is 0 Å². The summed E-state index contributed by atoms with van der Waals surface area (Å²) in [5.41, 5.74) is 9.53. The van der Waals surface area contributed by atoms with Gasteiger partial charge in [-0.05, 0) is 54.3 Å². The second-order valence-corrected chi connectivity index (χ2v) is 8.11. The Morgan fingerprint density at radius 3 is 2.50 bits per heavy atom. The maximum Gasteiger partial charge on any atom is 0.330 e. The molecular formula is C25H33N3O4. The second kappa shape index (κ2) is 11.0. The van der Waals surface area contributed by atoms with E-state index in [1.54, 1.807) is 24.3 Å². The molecule has 1 atom stereocenters. The number of aryl methyl sites for hydroxylation is 2. The van der Waals surface area contributed by atoms with Crippen LogP contribution >= 0.6 is 0 Å². The minimum absolute atomic E-state index is 0.00915. The van der Waals surface area contributed by atoms with Crippen molar-refractivity contribution in [2.45, 2.75) is 58.1 Å². The van der Waals surface area contributed by atoms with Crippen molar-refractivity contribution < 1.29 is 19.4 Å². The summed E-state index contributed by atoms with van der Waals surface area (Å²) in [6.45, 7) is 5.48. The van der Waals surface area contributed by atoms with Gasteiger partial charge in [-0.25, -0.2) is 4.79 Å². The van der Waals surface area contributed by atoms with Crippen LogP contribution in [0.1, 0.15) is 61.4 Å². The predicted molar refractivity (Wildman–Crippen MR) is 126 cm³/mol. The number of nitrogens with two attached hydrogens (primary N) is 1. The Bertz CT molecular complexity index is 937. The van der Waals surface area contributed by atoms with E-state index < -0.39 is 12.0 Å². The zero-order valence-corrected chi connectivity index (χ0v) is 18.8. The largest absolute Gasteiger partial charge is 0.490 e. The summed E-state index contributed by atoms with van der Waals surface area (Å²) in [7, 11) is 0. The highest BCUT2D eigenvalue weighted by molar-refractivity contribution is 5.95. The van der Waals surface area contributed by atoms with Crippen LogP contribution in [0.2, 0.25) is 0 Å². The minimum atomic E-state index is -0.979. The van der Waals surface area contributed by atoms with E-state index in [1.807, 2.05) is 6.07 Å². The van der Waals surface area contributed by atoms with Crippen molar-refractivity contribution in [3.63, 3.8) is 0 Å². The van der Waals surface area contributed by atoms with Gasteiger partial charge in [-0.1, -0.05) is 26.3 Å². The Hall–Kier alpha value is -3.06. The molecule has 0 aliphatic carbocycles. The molecule has 0 amide bonds. The van der Waals surface area contributed by atoms with Crippen molar-refractivity contribution in [2.24, 2.45) is 5.73 Å². The summed E-state index contributed by atoms with van der Waals surface area (Å²) in [6.07, 6.45) is 4.15. The van der Waals surface area contributed by atoms with Crippen LogP contribution in [0.3, 0.4) is 0 Å². The van der Waals surface area contributed by atoms with Crippen molar-refractivity contribution in [3.05, 3.63) is 58.7 Å². The summed E-state index contributed by atoms with van der Waals surface area (Å²) in [4.78, 5) is 12.4. The second-order valence-electron chi connectivity index (χ2n) is 8.11. The molecule has 0 bridgehead atoms. The molecule has 1 fully saturated rings. The standard InChI is InChI=1S/C25H33N3O4/c1-3-5-18-14-16(4-2)15-21(23(18)32-20-10-12-31-13-11-20)22(25(29)30)28-19-8-6-17(7-9-19)24(26)27/h6-9,14-15,20,22,28H,3-5,10-13H2,1-2H3,(H3,26,27)(H,29,30)/t22-/m1/s1. The molecule has 0 saturated carbocycles. The van der Waals surface area contributed by atoms with Crippen LogP contribution < -0.4 is 15.8 Å². The molecule has 2 aromatic carbocycles. The molecular weight excluding hydrogens is 406 g/mol. The topological polar surface area (TPSA) is 118 Å². The number of carboxylic acids is 1. The number of rotatable bonds is 10. The van der Waals surface area contributed by atoms with Gasteiger partial charge in [-0.15, -0.1) is 0 Å². The van der Waals surface area contributed by atoms with Crippen molar-refractivity contribution in [3.8, 4) is 5.75 Å². The number of nitrogen functional groups attached to an aromatic ring is 1. The average Bonchev–Trinajstić information content (AvgIpc) is 2.79. The van der Waals surface area contributed by atoms with Crippen LogP contribution in [0.15, 0.2) is 36.4 Å². The summed E-state index contributed by atoms with van der Waals surface area (Å²) in [5.74, 6) is -0.331. The molecule has 7 heteroatoms. The number of benzene rings is 2. The maximum atomic E-state index is 12.4. The van der Waals surface area contributed by atoms with E-state index in [4.69, 9.17) is 20.6 Å². The van der Waals surface area contributed by atoms with Crippen LogP contribution in [0.5, 0.6) is 5.75 Å². The fraction of sp³-hybridized carbons (Fsp3) is 0.440. The first-order valence-corrected chi connectivity index (χ1v) is 11.3. The maximum absolute atomic E-state index is 12.4. The molecule has 0 spiro atoms. The van der Waals surface area contributed by atoms with Crippen LogP contribution in [-0.4, -0.2) is 36.2 Å². The van der Waals surface area contributed by atoms with Crippen LogP contribution in [0.4, 0.5) is 5.69 Å². The number of hydrogen-bond acceptors (Lipinski definition) is 5. The molecule has 0 aromatic heterocycles. The molecule has 1 heterocycles. The van der Waals surface area contributed by atoms with Gasteiger partial charge in [0.1, 0.15) is 17.7 Å². The lowest BCUT2D eigenvalue weighted by Gasteiger charge is -2.28. The number of carboxylic acid groups (broad SMARTS) is 1. The molecule has 1 saturated heterocycles. The van der Waals surface area contributed by atoms with E-state index in [2.05, 4.69) is 25.2 Å².